The Kier molecular flexibility index (Phi) is 3.64. The zero-order chi connectivity index (χ0) is 25.4. The summed E-state index contributed by atoms with van der Waals surface area (Å²) >= 11 is 0. The van der Waals surface area contributed by atoms with Gasteiger partial charge in [-0.25, -0.2) is 4.98 Å². The third kappa shape index (κ3) is 3.03. The first-order valence-electron chi connectivity index (χ1n) is 12.1. The lowest BCUT2D eigenvalue weighted by Gasteiger charge is -2.24. The summed E-state index contributed by atoms with van der Waals surface area (Å²) in [6.45, 7) is -5.90. The number of benzene rings is 2. The molecular weight excluding hydrogens is 428 g/mol. The second-order valence-corrected chi connectivity index (χ2v) is 8.50. The quantitative estimate of drug-likeness (QED) is 0.552. The highest BCUT2D eigenvalue weighted by Gasteiger charge is 2.45. The molecule has 1 aliphatic carbocycles. The topological polar surface area (TPSA) is 64.4 Å². The van der Waals surface area contributed by atoms with Crippen molar-refractivity contribution in [3.8, 4) is 17.6 Å². The molecule has 166 valence electrons. The minimum atomic E-state index is -3.12. The second kappa shape index (κ2) is 7.14. The lowest BCUT2D eigenvalue weighted by molar-refractivity contribution is -0.125. The highest BCUT2D eigenvalue weighted by Crippen LogP contribution is 2.49. The molecule has 3 aromatic rings. The normalized spacial score (nSPS) is 23.1. The largest absolute Gasteiger partial charge is 0.434 e. The van der Waals surface area contributed by atoms with Gasteiger partial charge in [0.15, 0.2) is 0 Å². The van der Waals surface area contributed by atoms with Crippen molar-refractivity contribution in [3.05, 3.63) is 58.9 Å². The van der Waals surface area contributed by atoms with Crippen molar-refractivity contribution >= 4 is 22.7 Å². The zero-order valence-corrected chi connectivity index (χ0v) is 17.2. The average molecular weight is 450 g/mol. The van der Waals surface area contributed by atoms with Crippen LogP contribution in [-0.2, 0) is 4.79 Å². The number of alkyl halides is 2. The Labute approximate surface area is 192 Å². The fourth-order valence-electron chi connectivity index (χ4n) is 4.96. The summed E-state index contributed by atoms with van der Waals surface area (Å²) in [6.07, 6.45) is 1.05. The summed E-state index contributed by atoms with van der Waals surface area (Å²) in [4.78, 5) is 30.1. The number of rotatable bonds is 2. The summed E-state index contributed by atoms with van der Waals surface area (Å²) < 4.78 is 57.3. The number of hydrogen-bond donors (Lipinski definition) is 0. The summed E-state index contributed by atoms with van der Waals surface area (Å²) in [5.41, 5.74) is 2.12. The van der Waals surface area contributed by atoms with Gasteiger partial charge in [-0.05, 0) is 30.3 Å². The van der Waals surface area contributed by atoms with Gasteiger partial charge in [-0.15, -0.1) is 0 Å². The standard InChI is InChI=1S/C25H19F2N3O3/c1-29-20-12-19(22-16(24(29)32)3-2-4-21(22)33-25(26)27)30-18-11-13(5-6-14-9-15(31)10-14)7-8-17(18)28-23(20)30/h2-4,7-8,11,14,19-20,25H,9-10,12H2,1H3/t19-,20-/m1/s1/i1D3. The molecule has 33 heavy (non-hydrogen) atoms. The molecule has 1 amide bonds. The molecule has 2 atom stereocenters. The van der Waals surface area contributed by atoms with E-state index in [1.807, 2.05) is 6.07 Å². The smallest absolute Gasteiger partial charge is 0.387 e. The van der Waals surface area contributed by atoms with Crippen molar-refractivity contribution in [1.29, 1.82) is 0 Å². The van der Waals surface area contributed by atoms with Gasteiger partial charge in [0, 0.05) is 53.0 Å². The lowest BCUT2D eigenvalue weighted by Crippen LogP contribution is -2.30. The number of fused-ring (bicyclic) bond motifs is 9. The number of imidazole rings is 1. The summed E-state index contributed by atoms with van der Waals surface area (Å²) in [5.74, 6) is 5.82. The highest BCUT2D eigenvalue weighted by molar-refractivity contribution is 5.98. The average Bonchev–Trinajstić information content (AvgIpc) is 3.27. The minimum Gasteiger partial charge on any atom is -0.434 e. The first kappa shape index (κ1) is 16.8. The molecule has 6 rings (SSSR count). The van der Waals surface area contributed by atoms with E-state index >= 15 is 0 Å². The fraction of sp³-hybridized carbons (Fsp3) is 0.320. The van der Waals surface area contributed by atoms with Crippen molar-refractivity contribution in [3.63, 3.8) is 0 Å². The van der Waals surface area contributed by atoms with Crippen LogP contribution in [-0.4, -0.2) is 39.7 Å². The maximum Gasteiger partial charge on any atom is 0.387 e. The molecule has 3 heterocycles. The van der Waals surface area contributed by atoms with Crippen molar-refractivity contribution in [1.82, 2.24) is 14.5 Å². The van der Waals surface area contributed by atoms with E-state index in [0.29, 0.717) is 35.3 Å². The van der Waals surface area contributed by atoms with Gasteiger partial charge in [0.05, 0.1) is 23.1 Å². The number of Topliss-reactive ketones (excluding diaryl/α,β-unsaturated/α-hetero) is 1. The number of halogens is 2. The first-order valence-corrected chi connectivity index (χ1v) is 10.6. The molecule has 2 aromatic carbocycles. The Morgan fingerprint density at radius 2 is 2.06 bits per heavy atom. The van der Waals surface area contributed by atoms with Crippen molar-refractivity contribution < 1.29 is 27.2 Å². The fourth-order valence-corrected chi connectivity index (χ4v) is 4.96. The van der Waals surface area contributed by atoms with Gasteiger partial charge in [-0.1, -0.05) is 17.9 Å². The van der Waals surface area contributed by atoms with Crippen LogP contribution in [0.3, 0.4) is 0 Å². The molecule has 1 saturated carbocycles. The van der Waals surface area contributed by atoms with Gasteiger partial charge in [0.25, 0.3) is 5.91 Å². The Bertz CT molecular complexity index is 1500. The number of ketones is 1. The van der Waals surface area contributed by atoms with Crippen LogP contribution >= 0.6 is 0 Å². The van der Waals surface area contributed by atoms with Gasteiger partial charge in [0.1, 0.15) is 17.4 Å². The SMILES string of the molecule is [2H]C([2H])([2H])N1C(=O)c2cccc(OC(F)F)c2[C@H]2C[C@@H]1c1nc3ccc(C#CC4CC(=O)C4)cc3n12. The van der Waals surface area contributed by atoms with Gasteiger partial charge < -0.3 is 14.2 Å². The van der Waals surface area contributed by atoms with Crippen LogP contribution in [0.15, 0.2) is 36.4 Å². The van der Waals surface area contributed by atoms with E-state index in [0.717, 1.165) is 4.90 Å². The maximum atomic E-state index is 13.4. The molecule has 2 aliphatic heterocycles. The highest BCUT2D eigenvalue weighted by atomic mass is 19.3. The van der Waals surface area contributed by atoms with Crippen LogP contribution in [0, 0.1) is 17.8 Å². The van der Waals surface area contributed by atoms with Crippen LogP contribution in [0.5, 0.6) is 5.75 Å². The third-order valence-corrected chi connectivity index (χ3v) is 6.52. The van der Waals surface area contributed by atoms with Crippen molar-refractivity contribution in [2.24, 2.45) is 5.92 Å². The molecule has 3 aliphatic rings. The van der Waals surface area contributed by atoms with E-state index in [1.54, 1.807) is 16.7 Å². The summed E-state index contributed by atoms with van der Waals surface area (Å²) in [5, 5.41) is 0. The molecule has 0 spiro atoms. The van der Waals surface area contributed by atoms with Crippen LogP contribution < -0.4 is 4.74 Å². The van der Waals surface area contributed by atoms with E-state index in [-0.39, 0.29) is 35.0 Å². The summed E-state index contributed by atoms with van der Waals surface area (Å²) in [7, 11) is 0. The molecule has 6 nitrogen and oxygen atoms in total. The van der Waals surface area contributed by atoms with Crippen molar-refractivity contribution in [2.45, 2.75) is 38.0 Å². The molecular formula is C25H19F2N3O3. The van der Waals surface area contributed by atoms with E-state index in [9.17, 15) is 18.4 Å². The van der Waals surface area contributed by atoms with Gasteiger partial charge in [0.2, 0.25) is 0 Å². The van der Waals surface area contributed by atoms with Crippen molar-refractivity contribution in [2.75, 3.05) is 6.98 Å². The Balaban J connectivity index is 1.55. The lowest BCUT2D eigenvalue weighted by atomic mass is 9.84. The Morgan fingerprint density at radius 3 is 2.82 bits per heavy atom. The van der Waals surface area contributed by atoms with E-state index in [4.69, 9.17) is 8.85 Å². The Morgan fingerprint density at radius 1 is 1.21 bits per heavy atom. The number of aromatic nitrogens is 2. The zero-order valence-electron chi connectivity index (χ0n) is 20.2. The number of carbonyl (C=O) groups excluding carboxylic acids is 2. The van der Waals surface area contributed by atoms with Crippen LogP contribution in [0.4, 0.5) is 8.78 Å². The monoisotopic (exact) mass is 450 g/mol. The van der Waals surface area contributed by atoms with E-state index in [1.165, 1.54) is 18.2 Å². The molecule has 0 saturated heterocycles. The van der Waals surface area contributed by atoms with Crippen LogP contribution in [0.2, 0.25) is 0 Å². The number of carbonyl (C=O) groups is 2. The van der Waals surface area contributed by atoms with Gasteiger partial charge in [-0.2, -0.15) is 8.78 Å². The molecule has 0 unspecified atom stereocenters. The maximum absolute atomic E-state index is 13.4. The van der Waals surface area contributed by atoms with Gasteiger partial charge >= 0.3 is 6.61 Å². The van der Waals surface area contributed by atoms with Crippen LogP contribution in [0.25, 0.3) is 11.0 Å². The predicted molar refractivity (Wildman–Crippen MR) is 115 cm³/mol. The second-order valence-electron chi connectivity index (χ2n) is 8.50. The van der Waals surface area contributed by atoms with Gasteiger partial charge in [-0.3, -0.25) is 9.59 Å². The molecule has 1 aromatic heterocycles. The Hall–Kier alpha value is -3.73. The minimum absolute atomic E-state index is 0.00914. The van der Waals surface area contributed by atoms with E-state index in [2.05, 4.69) is 16.8 Å². The first-order chi connectivity index (χ1) is 17.1. The van der Waals surface area contributed by atoms with E-state index < -0.39 is 31.6 Å². The summed E-state index contributed by atoms with van der Waals surface area (Å²) in [6, 6.07) is 8.01. The predicted octanol–water partition coefficient (Wildman–Crippen LogP) is 4.09. The molecule has 0 N–H and O–H groups in total. The van der Waals surface area contributed by atoms with Crippen LogP contribution in [0.1, 0.15) is 62.8 Å². The third-order valence-electron chi connectivity index (χ3n) is 6.52. The molecule has 0 radical (unpaired) electrons. The molecule has 2 bridgehead atoms. The molecule has 1 fully saturated rings. The number of amides is 1. The molecule has 8 heteroatoms. The number of nitrogens with zero attached hydrogens (tertiary/aromatic N) is 3. The number of hydrogen-bond acceptors (Lipinski definition) is 4. The number of ether oxygens (including phenoxy) is 1.